The fraction of sp³-hybridized carbons (Fsp3) is 0.909. The van der Waals surface area contributed by atoms with Crippen LogP contribution in [-0.4, -0.2) is 55.2 Å². The Kier molecular flexibility index (Phi) is 7.13. The first-order valence-corrected chi connectivity index (χ1v) is 5.73. The molecule has 0 radical (unpaired) electrons. The van der Waals surface area contributed by atoms with Crippen LogP contribution in [0.1, 0.15) is 27.7 Å². The summed E-state index contributed by atoms with van der Waals surface area (Å²) in [6.45, 7) is 11.2. The number of piperazine rings is 1. The van der Waals surface area contributed by atoms with Crippen molar-refractivity contribution in [3.63, 3.8) is 0 Å². The molecular formula is C11H24N2O2. The molecular weight excluding hydrogens is 192 g/mol. The lowest BCUT2D eigenvalue weighted by atomic mass is 10.3. The van der Waals surface area contributed by atoms with Crippen LogP contribution in [-0.2, 0) is 4.74 Å². The fourth-order valence-corrected chi connectivity index (χ4v) is 1.27. The van der Waals surface area contributed by atoms with E-state index in [1.165, 1.54) is 0 Å². The zero-order valence-corrected chi connectivity index (χ0v) is 10.6. The first-order valence-electron chi connectivity index (χ1n) is 5.73. The highest BCUT2D eigenvalue weighted by Gasteiger charge is 2.20. The van der Waals surface area contributed by atoms with Crippen molar-refractivity contribution in [1.29, 1.82) is 0 Å². The molecule has 0 aromatic heterocycles. The summed E-state index contributed by atoms with van der Waals surface area (Å²) in [5, 5.41) is 0. The standard InChI is InChI=1S/C9H18N2O2.C2H6/c1-8(2)13-9(12)11-6-4-10(3)5-7-11;1-2/h8H,4-7H2,1-3H3;1-2H3. The van der Waals surface area contributed by atoms with Crippen LogP contribution in [0, 0.1) is 0 Å². The molecule has 1 aliphatic heterocycles. The largest absolute Gasteiger partial charge is 0.447 e. The molecule has 90 valence electrons. The highest BCUT2D eigenvalue weighted by molar-refractivity contribution is 5.67. The Hall–Kier alpha value is -0.770. The van der Waals surface area contributed by atoms with Gasteiger partial charge in [0.15, 0.2) is 0 Å². The SMILES string of the molecule is CC.CC(C)OC(=O)N1CCN(C)CC1. The fourth-order valence-electron chi connectivity index (χ4n) is 1.27. The van der Waals surface area contributed by atoms with Crippen molar-refractivity contribution >= 4 is 6.09 Å². The molecule has 0 bridgehead atoms. The van der Waals surface area contributed by atoms with Gasteiger partial charge in [0.1, 0.15) is 0 Å². The summed E-state index contributed by atoms with van der Waals surface area (Å²) >= 11 is 0. The maximum absolute atomic E-state index is 11.4. The van der Waals surface area contributed by atoms with E-state index in [4.69, 9.17) is 4.74 Å². The van der Waals surface area contributed by atoms with Gasteiger partial charge in [0, 0.05) is 26.2 Å². The van der Waals surface area contributed by atoms with Crippen molar-refractivity contribution in [3.8, 4) is 0 Å². The van der Waals surface area contributed by atoms with Gasteiger partial charge in [-0.3, -0.25) is 0 Å². The molecule has 1 aliphatic rings. The number of ether oxygens (including phenoxy) is 1. The van der Waals surface area contributed by atoms with Crippen LogP contribution in [0.2, 0.25) is 0 Å². The molecule has 0 aromatic rings. The maximum Gasteiger partial charge on any atom is 0.410 e. The second-order valence-electron chi connectivity index (χ2n) is 3.72. The minimum atomic E-state index is -0.178. The second kappa shape index (κ2) is 7.51. The number of nitrogens with zero attached hydrogens (tertiary/aromatic N) is 2. The number of carbonyl (C=O) groups excluding carboxylic acids is 1. The Morgan fingerprint density at radius 2 is 1.60 bits per heavy atom. The molecule has 0 atom stereocenters. The average molecular weight is 216 g/mol. The average Bonchev–Trinajstić information content (AvgIpc) is 2.20. The lowest BCUT2D eigenvalue weighted by molar-refractivity contribution is 0.0612. The van der Waals surface area contributed by atoms with E-state index in [0.717, 1.165) is 26.2 Å². The first kappa shape index (κ1) is 14.2. The van der Waals surface area contributed by atoms with E-state index in [1.54, 1.807) is 4.90 Å². The van der Waals surface area contributed by atoms with Crippen LogP contribution in [0.3, 0.4) is 0 Å². The topological polar surface area (TPSA) is 32.8 Å². The summed E-state index contributed by atoms with van der Waals surface area (Å²) < 4.78 is 5.09. The summed E-state index contributed by atoms with van der Waals surface area (Å²) in [6, 6.07) is 0. The zero-order chi connectivity index (χ0) is 11.8. The van der Waals surface area contributed by atoms with Crippen LogP contribution in [0.4, 0.5) is 4.79 Å². The minimum Gasteiger partial charge on any atom is -0.447 e. The molecule has 4 heteroatoms. The third-order valence-electron chi connectivity index (χ3n) is 2.10. The van der Waals surface area contributed by atoms with Gasteiger partial charge < -0.3 is 14.5 Å². The number of rotatable bonds is 1. The van der Waals surface area contributed by atoms with Crippen molar-refractivity contribution < 1.29 is 9.53 Å². The molecule has 0 spiro atoms. The van der Waals surface area contributed by atoms with E-state index in [2.05, 4.69) is 11.9 Å². The number of hydrogen-bond donors (Lipinski definition) is 0. The third-order valence-corrected chi connectivity index (χ3v) is 2.10. The van der Waals surface area contributed by atoms with Crippen LogP contribution < -0.4 is 0 Å². The molecule has 0 aromatic carbocycles. The Labute approximate surface area is 93.2 Å². The van der Waals surface area contributed by atoms with Gasteiger partial charge in [-0.05, 0) is 20.9 Å². The van der Waals surface area contributed by atoms with E-state index < -0.39 is 0 Å². The molecule has 0 saturated carbocycles. The van der Waals surface area contributed by atoms with Crippen molar-refractivity contribution in [2.75, 3.05) is 33.2 Å². The molecule has 1 fully saturated rings. The molecule has 0 unspecified atom stereocenters. The summed E-state index contributed by atoms with van der Waals surface area (Å²) in [6.07, 6.45) is -0.199. The minimum absolute atomic E-state index is 0.0212. The van der Waals surface area contributed by atoms with Crippen LogP contribution in [0.15, 0.2) is 0 Å². The highest BCUT2D eigenvalue weighted by atomic mass is 16.6. The van der Waals surface area contributed by atoms with Gasteiger partial charge in [0.25, 0.3) is 0 Å². The predicted molar refractivity (Wildman–Crippen MR) is 62.0 cm³/mol. The molecule has 4 nitrogen and oxygen atoms in total. The van der Waals surface area contributed by atoms with Crippen LogP contribution in [0.25, 0.3) is 0 Å². The molecule has 0 N–H and O–H groups in total. The third kappa shape index (κ3) is 5.62. The normalized spacial score (nSPS) is 17.1. The monoisotopic (exact) mass is 216 g/mol. The van der Waals surface area contributed by atoms with Crippen molar-refractivity contribution in [2.24, 2.45) is 0 Å². The Bertz CT molecular complexity index is 175. The lowest BCUT2D eigenvalue weighted by Gasteiger charge is -2.32. The summed E-state index contributed by atoms with van der Waals surface area (Å²) in [7, 11) is 2.06. The van der Waals surface area contributed by atoms with Gasteiger partial charge in [-0.2, -0.15) is 0 Å². The van der Waals surface area contributed by atoms with Crippen LogP contribution in [0.5, 0.6) is 0 Å². The first-order chi connectivity index (χ1) is 7.09. The van der Waals surface area contributed by atoms with E-state index in [0.29, 0.717) is 0 Å². The predicted octanol–water partition coefficient (Wildman–Crippen LogP) is 1.80. The van der Waals surface area contributed by atoms with Gasteiger partial charge in [0.05, 0.1) is 6.10 Å². The number of carbonyl (C=O) groups is 1. The van der Waals surface area contributed by atoms with Gasteiger partial charge in [-0.15, -0.1) is 0 Å². The van der Waals surface area contributed by atoms with Gasteiger partial charge in [-0.25, -0.2) is 4.79 Å². The molecule has 0 aliphatic carbocycles. The lowest BCUT2D eigenvalue weighted by Crippen LogP contribution is -2.47. The smallest absolute Gasteiger partial charge is 0.410 e. The van der Waals surface area contributed by atoms with Crippen molar-refractivity contribution in [2.45, 2.75) is 33.8 Å². The Balaban J connectivity index is 0.000000921. The van der Waals surface area contributed by atoms with Crippen molar-refractivity contribution in [3.05, 3.63) is 0 Å². The van der Waals surface area contributed by atoms with Crippen molar-refractivity contribution in [1.82, 2.24) is 9.80 Å². The summed E-state index contributed by atoms with van der Waals surface area (Å²) in [5.74, 6) is 0. The Morgan fingerprint density at radius 3 is 2.00 bits per heavy atom. The molecule has 1 heterocycles. The van der Waals surface area contributed by atoms with Gasteiger partial charge in [-0.1, -0.05) is 13.8 Å². The molecule has 1 amide bonds. The highest BCUT2D eigenvalue weighted by Crippen LogP contribution is 2.03. The molecule has 1 saturated heterocycles. The van der Waals surface area contributed by atoms with E-state index in [1.807, 2.05) is 27.7 Å². The van der Waals surface area contributed by atoms with E-state index >= 15 is 0 Å². The van der Waals surface area contributed by atoms with E-state index in [9.17, 15) is 4.79 Å². The van der Waals surface area contributed by atoms with Gasteiger partial charge >= 0.3 is 6.09 Å². The molecule has 15 heavy (non-hydrogen) atoms. The van der Waals surface area contributed by atoms with Gasteiger partial charge in [0.2, 0.25) is 0 Å². The summed E-state index contributed by atoms with van der Waals surface area (Å²) in [5.41, 5.74) is 0. The number of amides is 1. The molecule has 1 rings (SSSR count). The second-order valence-corrected chi connectivity index (χ2v) is 3.72. The van der Waals surface area contributed by atoms with E-state index in [-0.39, 0.29) is 12.2 Å². The summed E-state index contributed by atoms with van der Waals surface area (Å²) in [4.78, 5) is 15.4. The number of hydrogen-bond acceptors (Lipinski definition) is 3. The number of likely N-dealkylation sites (N-methyl/N-ethyl adjacent to an activating group) is 1. The maximum atomic E-state index is 11.4. The quantitative estimate of drug-likeness (QED) is 0.670. The zero-order valence-electron chi connectivity index (χ0n) is 10.6. The van der Waals surface area contributed by atoms with Crippen LogP contribution >= 0.6 is 0 Å². The Morgan fingerprint density at radius 1 is 1.13 bits per heavy atom.